The molecule has 2 aliphatic rings. The van der Waals surface area contributed by atoms with Crippen LogP contribution in [0.1, 0.15) is 44.2 Å². The molecule has 2 unspecified atom stereocenters. The zero-order valence-corrected chi connectivity index (χ0v) is 25.4. The highest BCUT2D eigenvalue weighted by Gasteiger charge is 2.37. The molecule has 0 bridgehead atoms. The molecule has 2 aliphatic heterocycles. The van der Waals surface area contributed by atoms with Crippen LogP contribution in [0.4, 0.5) is 11.4 Å². The maximum absolute atomic E-state index is 13.5. The summed E-state index contributed by atoms with van der Waals surface area (Å²) in [5.74, 6) is -2.17. The summed E-state index contributed by atoms with van der Waals surface area (Å²) < 4.78 is 22.7. The SMILES string of the molecule is Cc1cc(NC(=O)C2=CC(c3coc4ccccc4c3=O)CC(OCCOCCO)O2)ccc1N1C(=O)c2ccc(Cl)cc2C1=O. The van der Waals surface area contributed by atoms with E-state index in [1.807, 2.05) is 0 Å². The van der Waals surface area contributed by atoms with Gasteiger partial charge in [0.1, 0.15) is 5.58 Å². The molecule has 1 aromatic heterocycles. The molecule has 12 heteroatoms. The van der Waals surface area contributed by atoms with Gasteiger partial charge in [0.2, 0.25) is 6.29 Å². The lowest BCUT2D eigenvalue weighted by molar-refractivity contribution is -0.148. The van der Waals surface area contributed by atoms with Gasteiger partial charge >= 0.3 is 0 Å². The van der Waals surface area contributed by atoms with Crippen LogP contribution in [-0.4, -0.2) is 55.5 Å². The number of halogens is 1. The molecule has 2 N–H and O–H groups in total. The van der Waals surface area contributed by atoms with Crippen LogP contribution in [0.2, 0.25) is 5.02 Å². The number of anilines is 2. The Bertz CT molecular complexity index is 1940. The first-order chi connectivity index (χ1) is 22.2. The minimum Gasteiger partial charge on any atom is -0.464 e. The lowest BCUT2D eigenvalue weighted by atomic mass is 9.93. The van der Waals surface area contributed by atoms with E-state index in [2.05, 4.69) is 5.32 Å². The molecule has 3 heterocycles. The fourth-order valence-corrected chi connectivity index (χ4v) is 5.67. The van der Waals surface area contributed by atoms with Crippen molar-refractivity contribution in [2.75, 3.05) is 36.6 Å². The number of fused-ring (bicyclic) bond motifs is 2. The van der Waals surface area contributed by atoms with E-state index in [9.17, 15) is 19.2 Å². The molecule has 0 saturated carbocycles. The number of allylic oxidation sites excluding steroid dienone is 1. The van der Waals surface area contributed by atoms with Gasteiger partial charge in [-0.05, 0) is 67.1 Å². The number of ether oxygens (including phenoxy) is 3. The van der Waals surface area contributed by atoms with Crippen molar-refractivity contribution < 1.29 is 38.1 Å². The topological polar surface area (TPSA) is 145 Å². The highest BCUT2D eigenvalue weighted by Crippen LogP contribution is 2.34. The molecule has 0 saturated heterocycles. The smallest absolute Gasteiger partial charge is 0.290 e. The molecule has 3 amide bonds. The van der Waals surface area contributed by atoms with Crippen LogP contribution in [0.3, 0.4) is 0 Å². The van der Waals surface area contributed by atoms with Crippen molar-refractivity contribution in [3.63, 3.8) is 0 Å². The van der Waals surface area contributed by atoms with E-state index in [1.54, 1.807) is 61.5 Å². The van der Waals surface area contributed by atoms with Crippen LogP contribution in [-0.2, 0) is 19.0 Å². The van der Waals surface area contributed by atoms with Gasteiger partial charge in [-0.15, -0.1) is 0 Å². The molecule has 0 radical (unpaired) electrons. The second-order valence-corrected chi connectivity index (χ2v) is 11.2. The molecule has 0 spiro atoms. The molecule has 6 rings (SSSR count). The van der Waals surface area contributed by atoms with E-state index in [-0.39, 0.29) is 55.2 Å². The summed E-state index contributed by atoms with van der Waals surface area (Å²) >= 11 is 6.04. The third-order valence-corrected chi connectivity index (χ3v) is 7.93. The third-order valence-electron chi connectivity index (χ3n) is 7.70. The largest absolute Gasteiger partial charge is 0.464 e. The molecule has 236 valence electrons. The van der Waals surface area contributed by atoms with E-state index < -0.39 is 29.9 Å². The second-order valence-electron chi connectivity index (χ2n) is 10.7. The van der Waals surface area contributed by atoms with Crippen molar-refractivity contribution in [2.45, 2.75) is 25.6 Å². The number of imide groups is 1. The van der Waals surface area contributed by atoms with Crippen LogP contribution in [0.15, 0.2) is 88.0 Å². The number of hydrogen-bond acceptors (Lipinski definition) is 9. The number of nitrogens with zero attached hydrogens (tertiary/aromatic N) is 1. The van der Waals surface area contributed by atoms with Gasteiger partial charge in [0, 0.05) is 28.6 Å². The maximum Gasteiger partial charge on any atom is 0.290 e. The van der Waals surface area contributed by atoms with Gasteiger partial charge in [-0.3, -0.25) is 19.2 Å². The van der Waals surface area contributed by atoms with Gasteiger partial charge in [-0.25, -0.2) is 4.90 Å². The number of hydrogen-bond donors (Lipinski definition) is 2. The van der Waals surface area contributed by atoms with Gasteiger partial charge in [-0.2, -0.15) is 0 Å². The molecular formula is C34H29ClN2O9. The summed E-state index contributed by atoms with van der Waals surface area (Å²) in [5.41, 5.74) is 2.37. The first-order valence-electron chi connectivity index (χ1n) is 14.5. The van der Waals surface area contributed by atoms with E-state index in [0.717, 1.165) is 4.90 Å². The first-order valence-corrected chi connectivity index (χ1v) is 14.9. The summed E-state index contributed by atoms with van der Waals surface area (Å²) in [4.78, 5) is 54.1. The van der Waals surface area contributed by atoms with Crippen molar-refractivity contribution in [3.8, 4) is 0 Å². The highest BCUT2D eigenvalue weighted by atomic mass is 35.5. The van der Waals surface area contributed by atoms with E-state index in [1.165, 1.54) is 18.4 Å². The van der Waals surface area contributed by atoms with Gasteiger partial charge in [-0.1, -0.05) is 23.7 Å². The minimum absolute atomic E-state index is 0.0657. The van der Waals surface area contributed by atoms with Crippen molar-refractivity contribution in [1.82, 2.24) is 0 Å². The summed E-state index contributed by atoms with van der Waals surface area (Å²) in [6.45, 7) is 2.07. The van der Waals surface area contributed by atoms with Crippen LogP contribution in [0, 0.1) is 6.92 Å². The van der Waals surface area contributed by atoms with Crippen LogP contribution in [0.25, 0.3) is 11.0 Å². The Balaban J connectivity index is 1.23. The molecule has 0 aliphatic carbocycles. The zero-order chi connectivity index (χ0) is 32.4. The summed E-state index contributed by atoms with van der Waals surface area (Å²) in [5, 5.41) is 12.5. The Morgan fingerprint density at radius 3 is 2.63 bits per heavy atom. The number of aliphatic hydroxyl groups excluding tert-OH is 1. The van der Waals surface area contributed by atoms with Crippen molar-refractivity contribution in [3.05, 3.63) is 116 Å². The Hall–Kier alpha value is -4.81. The van der Waals surface area contributed by atoms with Crippen molar-refractivity contribution >= 4 is 51.7 Å². The monoisotopic (exact) mass is 644 g/mol. The number of rotatable bonds is 10. The summed E-state index contributed by atoms with van der Waals surface area (Å²) in [6.07, 6.45) is 2.30. The number of carbonyl (C=O) groups is 3. The number of aliphatic hydroxyl groups is 1. The van der Waals surface area contributed by atoms with E-state index in [0.29, 0.717) is 38.5 Å². The normalized spacial score (nSPS) is 17.5. The number of para-hydroxylation sites is 1. The Morgan fingerprint density at radius 1 is 1.02 bits per heavy atom. The van der Waals surface area contributed by atoms with Crippen LogP contribution >= 0.6 is 11.6 Å². The minimum atomic E-state index is -0.884. The lowest BCUT2D eigenvalue weighted by Gasteiger charge is -2.29. The zero-order valence-electron chi connectivity index (χ0n) is 24.7. The molecule has 4 aromatic rings. The molecule has 46 heavy (non-hydrogen) atoms. The molecular weight excluding hydrogens is 616 g/mol. The van der Waals surface area contributed by atoms with E-state index in [4.69, 9.17) is 35.3 Å². The third kappa shape index (κ3) is 6.18. The lowest BCUT2D eigenvalue weighted by Crippen LogP contribution is -2.31. The number of nitrogens with one attached hydrogen (secondary N) is 1. The number of carbonyl (C=O) groups excluding carboxylic acids is 3. The number of benzene rings is 3. The van der Waals surface area contributed by atoms with Crippen LogP contribution in [0.5, 0.6) is 0 Å². The van der Waals surface area contributed by atoms with Gasteiger partial charge in [0.15, 0.2) is 11.2 Å². The highest BCUT2D eigenvalue weighted by molar-refractivity contribution is 6.37. The van der Waals surface area contributed by atoms with Gasteiger partial charge in [0.25, 0.3) is 17.7 Å². The molecule has 3 aromatic carbocycles. The van der Waals surface area contributed by atoms with Gasteiger partial charge < -0.3 is 29.1 Å². The Kier molecular flexibility index (Phi) is 9.00. The Morgan fingerprint density at radius 2 is 1.83 bits per heavy atom. The second kappa shape index (κ2) is 13.3. The average molecular weight is 645 g/mol. The fourth-order valence-electron chi connectivity index (χ4n) is 5.50. The van der Waals surface area contributed by atoms with Gasteiger partial charge in [0.05, 0.1) is 54.9 Å². The first kappa shape index (κ1) is 31.2. The summed E-state index contributed by atoms with van der Waals surface area (Å²) in [6, 6.07) is 16.2. The standard InChI is InChI=1S/C34H29ClN2O9/c1-19-14-22(7-9-27(19)37-33(41)23-8-6-21(35)17-25(23)34(37)42)36-32(40)29-15-20(16-30(46-29)44-13-12-43-11-10-38)26-18-45-28-5-3-2-4-24(28)31(26)39/h2-9,14-15,17-18,20,30,38H,10-13,16H2,1H3,(H,36,40). The fraction of sp³-hybridized carbons (Fsp3) is 0.235. The number of amides is 3. The van der Waals surface area contributed by atoms with E-state index >= 15 is 0 Å². The predicted molar refractivity (Wildman–Crippen MR) is 169 cm³/mol. The Labute approximate surface area is 267 Å². The van der Waals surface area contributed by atoms with Crippen LogP contribution < -0.4 is 15.6 Å². The predicted octanol–water partition coefficient (Wildman–Crippen LogP) is 4.93. The summed E-state index contributed by atoms with van der Waals surface area (Å²) in [7, 11) is 0. The van der Waals surface area contributed by atoms with Crippen molar-refractivity contribution in [1.29, 1.82) is 0 Å². The molecule has 2 atom stereocenters. The average Bonchev–Trinajstić information content (AvgIpc) is 3.29. The number of aryl methyl sites for hydroxylation is 1. The maximum atomic E-state index is 13.5. The van der Waals surface area contributed by atoms with Crippen molar-refractivity contribution in [2.24, 2.45) is 0 Å². The molecule has 11 nitrogen and oxygen atoms in total. The molecule has 0 fully saturated rings. The quantitative estimate of drug-likeness (QED) is 0.181.